The molecule has 1 rings (SSSR count). The quantitative estimate of drug-likeness (QED) is 0.479. The largest absolute Gasteiger partial charge is 0.375 e. The van der Waals surface area contributed by atoms with Crippen molar-refractivity contribution in [2.75, 3.05) is 0 Å². The maximum absolute atomic E-state index is 5.88. The van der Waals surface area contributed by atoms with E-state index in [9.17, 15) is 0 Å². The molecule has 0 saturated carbocycles. The summed E-state index contributed by atoms with van der Waals surface area (Å²) in [6, 6.07) is 5.09. The van der Waals surface area contributed by atoms with E-state index in [0.29, 0.717) is 10.0 Å². The molecule has 0 fully saturated rings. The van der Waals surface area contributed by atoms with Gasteiger partial charge in [0.15, 0.2) is 5.11 Å². The van der Waals surface area contributed by atoms with Gasteiger partial charge in [-0.25, -0.2) is 0 Å². The number of benzene rings is 1. The molecule has 0 aliphatic carbocycles. The van der Waals surface area contributed by atoms with Gasteiger partial charge in [0.1, 0.15) is 0 Å². The summed E-state index contributed by atoms with van der Waals surface area (Å²) in [5, 5.41) is 4.96. The van der Waals surface area contributed by atoms with Crippen LogP contribution in [-0.4, -0.2) is 11.3 Å². The van der Waals surface area contributed by atoms with Gasteiger partial charge in [0, 0.05) is 10.6 Å². The molecule has 0 unspecified atom stereocenters. The Bertz CT molecular complexity index is 379. The first-order chi connectivity index (χ1) is 6.59. The van der Waals surface area contributed by atoms with Crippen LogP contribution in [0, 0.1) is 0 Å². The molecule has 14 heavy (non-hydrogen) atoms. The predicted molar refractivity (Wildman–Crippen MR) is 64.0 cm³/mol. The van der Waals surface area contributed by atoms with Crippen molar-refractivity contribution in [2.24, 2.45) is 10.8 Å². The molecular formula is C8H7Cl2N3S. The van der Waals surface area contributed by atoms with E-state index in [1.165, 1.54) is 6.21 Å². The lowest BCUT2D eigenvalue weighted by molar-refractivity contribution is 1.04. The standard InChI is InChI=1S/C8H7Cl2N3S/c9-6-2-1-5(7(10)3-6)4-12-13-8(11)14/h1-4H,(H3,11,13,14). The Morgan fingerprint density at radius 1 is 1.50 bits per heavy atom. The minimum atomic E-state index is 0.103. The van der Waals surface area contributed by atoms with Crippen LogP contribution in [0.15, 0.2) is 23.3 Å². The summed E-state index contributed by atoms with van der Waals surface area (Å²) >= 11 is 16.2. The molecule has 0 amide bonds. The smallest absolute Gasteiger partial charge is 0.184 e. The van der Waals surface area contributed by atoms with Gasteiger partial charge in [-0.05, 0) is 24.4 Å². The van der Waals surface area contributed by atoms with Crippen LogP contribution in [0.2, 0.25) is 10.0 Å². The molecule has 6 heteroatoms. The summed E-state index contributed by atoms with van der Waals surface area (Å²) in [6.07, 6.45) is 1.51. The number of rotatable bonds is 2. The van der Waals surface area contributed by atoms with Crippen LogP contribution in [-0.2, 0) is 0 Å². The molecular weight excluding hydrogens is 241 g/mol. The first-order valence-electron chi connectivity index (χ1n) is 3.63. The average molecular weight is 248 g/mol. The fourth-order valence-corrected chi connectivity index (χ4v) is 1.28. The number of nitrogens with zero attached hydrogens (tertiary/aromatic N) is 1. The first kappa shape index (κ1) is 11.2. The molecule has 3 nitrogen and oxygen atoms in total. The molecule has 0 bridgehead atoms. The Kier molecular flexibility index (Phi) is 4.13. The lowest BCUT2D eigenvalue weighted by Gasteiger charge is -1.98. The zero-order valence-corrected chi connectivity index (χ0v) is 9.33. The molecule has 0 saturated heterocycles. The van der Waals surface area contributed by atoms with Crippen molar-refractivity contribution in [3.8, 4) is 0 Å². The number of nitrogens with one attached hydrogen (secondary N) is 1. The van der Waals surface area contributed by atoms with Crippen molar-refractivity contribution in [1.29, 1.82) is 0 Å². The second-order valence-electron chi connectivity index (χ2n) is 2.40. The molecule has 0 aliphatic heterocycles. The third-order valence-electron chi connectivity index (χ3n) is 1.34. The highest BCUT2D eigenvalue weighted by Gasteiger charge is 1.97. The summed E-state index contributed by atoms with van der Waals surface area (Å²) < 4.78 is 0. The summed E-state index contributed by atoms with van der Waals surface area (Å²) in [5.74, 6) is 0. The Morgan fingerprint density at radius 2 is 2.21 bits per heavy atom. The maximum atomic E-state index is 5.88. The topological polar surface area (TPSA) is 50.4 Å². The summed E-state index contributed by atoms with van der Waals surface area (Å²) in [5.41, 5.74) is 8.33. The van der Waals surface area contributed by atoms with Crippen LogP contribution >= 0.6 is 35.4 Å². The fourth-order valence-electron chi connectivity index (χ4n) is 0.772. The van der Waals surface area contributed by atoms with Crippen molar-refractivity contribution in [1.82, 2.24) is 5.43 Å². The van der Waals surface area contributed by atoms with Crippen molar-refractivity contribution in [3.63, 3.8) is 0 Å². The van der Waals surface area contributed by atoms with E-state index < -0.39 is 0 Å². The van der Waals surface area contributed by atoms with Crippen LogP contribution in [0.25, 0.3) is 0 Å². The highest BCUT2D eigenvalue weighted by atomic mass is 35.5. The SMILES string of the molecule is NC(=S)NN=Cc1ccc(Cl)cc1Cl. The Hall–Kier alpha value is -0.840. The number of thiocarbonyl (C=S) groups is 1. The highest BCUT2D eigenvalue weighted by Crippen LogP contribution is 2.19. The Morgan fingerprint density at radius 3 is 2.79 bits per heavy atom. The third kappa shape index (κ3) is 3.49. The third-order valence-corrected chi connectivity index (χ3v) is 1.99. The first-order valence-corrected chi connectivity index (χ1v) is 4.79. The zero-order chi connectivity index (χ0) is 10.6. The van der Waals surface area contributed by atoms with Gasteiger partial charge in [-0.15, -0.1) is 0 Å². The van der Waals surface area contributed by atoms with Crippen LogP contribution in [0.5, 0.6) is 0 Å². The number of hydrazone groups is 1. The monoisotopic (exact) mass is 247 g/mol. The molecule has 74 valence electrons. The highest BCUT2D eigenvalue weighted by molar-refractivity contribution is 7.80. The molecule has 0 aliphatic rings. The van der Waals surface area contributed by atoms with E-state index in [1.54, 1.807) is 18.2 Å². The molecule has 0 spiro atoms. The van der Waals surface area contributed by atoms with Gasteiger partial charge in [0.25, 0.3) is 0 Å². The minimum absolute atomic E-state index is 0.103. The van der Waals surface area contributed by atoms with Crippen molar-refractivity contribution < 1.29 is 0 Å². The van der Waals surface area contributed by atoms with Gasteiger partial charge in [0.05, 0.1) is 11.2 Å². The van der Waals surface area contributed by atoms with Crippen molar-refractivity contribution in [3.05, 3.63) is 33.8 Å². The number of halogens is 2. The number of hydrogen-bond acceptors (Lipinski definition) is 2. The summed E-state index contributed by atoms with van der Waals surface area (Å²) in [6.45, 7) is 0. The molecule has 1 aromatic rings. The predicted octanol–water partition coefficient (Wildman–Crippen LogP) is 2.16. The molecule has 1 aromatic carbocycles. The van der Waals surface area contributed by atoms with Crippen LogP contribution in [0.4, 0.5) is 0 Å². The molecule has 0 atom stereocenters. The van der Waals surface area contributed by atoms with Gasteiger partial charge in [0.2, 0.25) is 0 Å². The van der Waals surface area contributed by atoms with E-state index in [-0.39, 0.29) is 5.11 Å². The molecule has 3 N–H and O–H groups in total. The molecule has 0 aromatic heterocycles. The van der Waals surface area contributed by atoms with Crippen molar-refractivity contribution in [2.45, 2.75) is 0 Å². The average Bonchev–Trinajstić information content (AvgIpc) is 2.08. The summed E-state index contributed by atoms with van der Waals surface area (Å²) in [7, 11) is 0. The van der Waals surface area contributed by atoms with Gasteiger partial charge < -0.3 is 5.73 Å². The molecule has 0 heterocycles. The van der Waals surface area contributed by atoms with Gasteiger partial charge in [-0.2, -0.15) is 5.10 Å². The second kappa shape index (κ2) is 5.14. The summed E-state index contributed by atoms with van der Waals surface area (Å²) in [4.78, 5) is 0. The zero-order valence-electron chi connectivity index (χ0n) is 7.00. The minimum Gasteiger partial charge on any atom is -0.375 e. The lowest BCUT2D eigenvalue weighted by atomic mass is 10.2. The second-order valence-corrected chi connectivity index (χ2v) is 3.68. The van der Waals surface area contributed by atoms with E-state index >= 15 is 0 Å². The van der Waals surface area contributed by atoms with Gasteiger partial charge in [-0.1, -0.05) is 29.3 Å². The lowest BCUT2D eigenvalue weighted by Crippen LogP contribution is -2.24. The van der Waals surface area contributed by atoms with E-state index in [0.717, 1.165) is 5.56 Å². The van der Waals surface area contributed by atoms with E-state index in [4.69, 9.17) is 28.9 Å². The molecule has 0 radical (unpaired) electrons. The van der Waals surface area contributed by atoms with E-state index in [2.05, 4.69) is 22.7 Å². The fraction of sp³-hybridized carbons (Fsp3) is 0. The Balaban J connectivity index is 2.76. The Labute approximate surface area is 96.9 Å². The van der Waals surface area contributed by atoms with E-state index in [1.807, 2.05) is 0 Å². The van der Waals surface area contributed by atoms with Crippen LogP contribution in [0.3, 0.4) is 0 Å². The normalized spacial score (nSPS) is 10.4. The van der Waals surface area contributed by atoms with Gasteiger partial charge in [-0.3, -0.25) is 5.43 Å². The number of nitrogens with two attached hydrogens (primary N) is 1. The number of hydrogen-bond donors (Lipinski definition) is 2. The van der Waals surface area contributed by atoms with Crippen molar-refractivity contribution >= 4 is 46.7 Å². The van der Waals surface area contributed by atoms with Crippen LogP contribution in [0.1, 0.15) is 5.56 Å². The van der Waals surface area contributed by atoms with Crippen LogP contribution < -0.4 is 11.2 Å². The maximum Gasteiger partial charge on any atom is 0.184 e. The van der Waals surface area contributed by atoms with Gasteiger partial charge >= 0.3 is 0 Å².